The van der Waals surface area contributed by atoms with Crippen LogP contribution >= 0.6 is 27.5 Å². The van der Waals surface area contributed by atoms with Gasteiger partial charge in [-0.05, 0) is 37.0 Å². The first kappa shape index (κ1) is 11.2. The zero-order valence-corrected chi connectivity index (χ0v) is 10.7. The third-order valence-electron chi connectivity index (χ3n) is 2.68. The Morgan fingerprint density at radius 3 is 2.87 bits per heavy atom. The van der Waals surface area contributed by atoms with Gasteiger partial charge in [0.1, 0.15) is 0 Å². The lowest BCUT2D eigenvalue weighted by Crippen LogP contribution is -2.11. The van der Waals surface area contributed by atoms with Crippen molar-refractivity contribution in [3.8, 4) is 0 Å². The van der Waals surface area contributed by atoms with Gasteiger partial charge in [-0.15, -0.1) is 0 Å². The van der Waals surface area contributed by atoms with Crippen molar-refractivity contribution in [2.75, 3.05) is 0 Å². The summed E-state index contributed by atoms with van der Waals surface area (Å²) in [4.78, 5) is 0. The van der Waals surface area contributed by atoms with Crippen LogP contribution in [-0.2, 0) is 6.42 Å². The topological polar surface area (TPSA) is 26.0 Å². The summed E-state index contributed by atoms with van der Waals surface area (Å²) in [6, 6.07) is 6.27. The Labute approximate surface area is 103 Å². The lowest BCUT2D eigenvalue weighted by Gasteiger charge is -2.05. The predicted molar refractivity (Wildman–Crippen MR) is 68.1 cm³/mol. The van der Waals surface area contributed by atoms with Crippen LogP contribution in [0.25, 0.3) is 0 Å². The van der Waals surface area contributed by atoms with E-state index in [4.69, 9.17) is 17.3 Å². The number of rotatable bonds is 2. The highest BCUT2D eigenvalue weighted by Crippen LogP contribution is 2.27. The zero-order chi connectivity index (χ0) is 10.8. The van der Waals surface area contributed by atoms with Crippen molar-refractivity contribution < 1.29 is 0 Å². The minimum atomic E-state index is 0.245. The number of hydrogen-bond acceptors (Lipinski definition) is 1. The van der Waals surface area contributed by atoms with Crippen LogP contribution in [0.1, 0.15) is 18.4 Å². The molecule has 1 unspecified atom stereocenters. The average Bonchev–Trinajstić information content (AvgIpc) is 2.56. The van der Waals surface area contributed by atoms with Gasteiger partial charge < -0.3 is 5.73 Å². The van der Waals surface area contributed by atoms with Gasteiger partial charge in [0.15, 0.2) is 0 Å². The molecule has 0 saturated carbocycles. The third kappa shape index (κ3) is 2.83. The van der Waals surface area contributed by atoms with Crippen LogP contribution in [-0.4, -0.2) is 6.04 Å². The molecule has 0 bridgehead atoms. The maximum atomic E-state index is 6.16. The molecular formula is C12H13BrClN. The Hall–Kier alpha value is -0.310. The molecule has 0 radical (unpaired) electrons. The maximum absolute atomic E-state index is 6.16. The van der Waals surface area contributed by atoms with Crippen LogP contribution < -0.4 is 5.73 Å². The first-order chi connectivity index (χ1) is 7.15. The Morgan fingerprint density at radius 1 is 1.47 bits per heavy atom. The van der Waals surface area contributed by atoms with Crippen LogP contribution in [0.15, 0.2) is 34.3 Å². The molecule has 1 atom stereocenters. The highest BCUT2D eigenvalue weighted by molar-refractivity contribution is 9.10. The van der Waals surface area contributed by atoms with Crippen molar-refractivity contribution in [1.29, 1.82) is 0 Å². The van der Waals surface area contributed by atoms with Gasteiger partial charge in [-0.2, -0.15) is 0 Å². The van der Waals surface area contributed by atoms with E-state index in [0.717, 1.165) is 28.8 Å². The molecule has 0 aliphatic heterocycles. The molecule has 1 aliphatic rings. The number of hydrogen-bond donors (Lipinski definition) is 1. The number of allylic oxidation sites excluding steroid dienone is 1. The lowest BCUT2D eigenvalue weighted by atomic mass is 10.1. The van der Waals surface area contributed by atoms with Gasteiger partial charge in [-0.25, -0.2) is 0 Å². The van der Waals surface area contributed by atoms with E-state index in [1.807, 2.05) is 12.1 Å². The summed E-state index contributed by atoms with van der Waals surface area (Å²) in [6.07, 6.45) is 5.27. The van der Waals surface area contributed by atoms with Gasteiger partial charge in [0, 0.05) is 15.5 Å². The first-order valence-electron chi connectivity index (χ1n) is 5.04. The van der Waals surface area contributed by atoms with Gasteiger partial charge in [-0.1, -0.05) is 45.2 Å². The fourth-order valence-electron chi connectivity index (χ4n) is 1.88. The van der Waals surface area contributed by atoms with Gasteiger partial charge in [0.05, 0.1) is 0 Å². The molecule has 0 saturated heterocycles. The standard InChI is InChI=1S/C12H13BrClN/c13-10-3-2-9(12(14)7-10)5-8-1-4-11(15)6-8/h2-3,6-7,11H,1,4-5,15H2. The monoisotopic (exact) mass is 285 g/mol. The van der Waals surface area contributed by atoms with Gasteiger partial charge >= 0.3 is 0 Å². The molecule has 0 spiro atoms. The quantitative estimate of drug-likeness (QED) is 0.824. The number of halogens is 2. The van der Waals surface area contributed by atoms with Crippen LogP contribution in [0.3, 0.4) is 0 Å². The number of benzene rings is 1. The SMILES string of the molecule is NC1C=C(Cc2ccc(Br)cc2Cl)CC1. The molecular weight excluding hydrogens is 273 g/mol. The Bertz CT molecular complexity index is 401. The van der Waals surface area contributed by atoms with E-state index in [0.29, 0.717) is 0 Å². The molecule has 0 heterocycles. The second-order valence-corrected chi connectivity index (χ2v) is 5.26. The van der Waals surface area contributed by atoms with Crippen molar-refractivity contribution in [2.45, 2.75) is 25.3 Å². The van der Waals surface area contributed by atoms with Crippen LogP contribution in [0.5, 0.6) is 0 Å². The van der Waals surface area contributed by atoms with Crippen LogP contribution in [0, 0.1) is 0 Å². The summed E-state index contributed by atoms with van der Waals surface area (Å²) in [7, 11) is 0. The molecule has 1 aromatic rings. The zero-order valence-electron chi connectivity index (χ0n) is 8.34. The molecule has 15 heavy (non-hydrogen) atoms. The molecule has 2 N–H and O–H groups in total. The average molecular weight is 287 g/mol. The molecule has 0 aromatic heterocycles. The highest BCUT2D eigenvalue weighted by atomic mass is 79.9. The third-order valence-corrected chi connectivity index (χ3v) is 3.53. The molecule has 1 aliphatic carbocycles. The Balaban J connectivity index is 2.14. The predicted octanol–water partition coefficient (Wildman–Crippen LogP) is 3.69. The molecule has 0 amide bonds. The Morgan fingerprint density at radius 2 is 2.27 bits per heavy atom. The molecule has 80 valence electrons. The summed E-state index contributed by atoms with van der Waals surface area (Å²) in [5.41, 5.74) is 8.41. The fraction of sp³-hybridized carbons (Fsp3) is 0.333. The minimum absolute atomic E-state index is 0.245. The van der Waals surface area contributed by atoms with Gasteiger partial charge in [0.2, 0.25) is 0 Å². The smallest absolute Gasteiger partial charge is 0.0452 e. The summed E-state index contributed by atoms with van der Waals surface area (Å²) in [6.45, 7) is 0. The summed E-state index contributed by atoms with van der Waals surface area (Å²) in [5.74, 6) is 0. The van der Waals surface area contributed by atoms with Crippen molar-refractivity contribution in [3.05, 3.63) is 44.9 Å². The second-order valence-electron chi connectivity index (χ2n) is 3.94. The molecule has 0 fully saturated rings. The summed E-state index contributed by atoms with van der Waals surface area (Å²) < 4.78 is 1.02. The molecule has 1 aromatic carbocycles. The van der Waals surface area contributed by atoms with Crippen LogP contribution in [0.2, 0.25) is 5.02 Å². The minimum Gasteiger partial charge on any atom is -0.324 e. The van der Waals surface area contributed by atoms with Crippen molar-refractivity contribution in [2.24, 2.45) is 5.73 Å². The first-order valence-corrected chi connectivity index (χ1v) is 6.21. The van der Waals surface area contributed by atoms with Crippen LogP contribution in [0.4, 0.5) is 0 Å². The van der Waals surface area contributed by atoms with E-state index in [9.17, 15) is 0 Å². The van der Waals surface area contributed by atoms with Crippen molar-refractivity contribution in [3.63, 3.8) is 0 Å². The van der Waals surface area contributed by atoms with E-state index in [2.05, 4.69) is 28.1 Å². The van der Waals surface area contributed by atoms with E-state index < -0.39 is 0 Å². The normalized spacial score (nSPS) is 20.5. The lowest BCUT2D eigenvalue weighted by molar-refractivity contribution is 0.770. The second kappa shape index (κ2) is 4.69. The molecule has 2 rings (SSSR count). The molecule has 3 heteroatoms. The summed E-state index contributed by atoms with van der Waals surface area (Å²) >= 11 is 9.56. The van der Waals surface area contributed by atoms with Gasteiger partial charge in [0.25, 0.3) is 0 Å². The van der Waals surface area contributed by atoms with Crippen molar-refractivity contribution in [1.82, 2.24) is 0 Å². The van der Waals surface area contributed by atoms with E-state index in [1.165, 1.54) is 11.1 Å². The van der Waals surface area contributed by atoms with Gasteiger partial charge in [-0.3, -0.25) is 0 Å². The number of nitrogens with two attached hydrogens (primary N) is 1. The van der Waals surface area contributed by atoms with E-state index in [-0.39, 0.29) is 6.04 Å². The van der Waals surface area contributed by atoms with Crippen molar-refractivity contribution >= 4 is 27.5 Å². The molecule has 1 nitrogen and oxygen atoms in total. The summed E-state index contributed by atoms with van der Waals surface area (Å²) in [5, 5.41) is 0.825. The fourth-order valence-corrected chi connectivity index (χ4v) is 2.62. The maximum Gasteiger partial charge on any atom is 0.0452 e. The van der Waals surface area contributed by atoms with E-state index >= 15 is 0 Å². The van der Waals surface area contributed by atoms with E-state index in [1.54, 1.807) is 0 Å². The highest BCUT2D eigenvalue weighted by Gasteiger charge is 2.13. The largest absolute Gasteiger partial charge is 0.324 e. The Kier molecular flexibility index (Phi) is 3.49.